The molecule has 0 saturated carbocycles. The molecule has 1 aromatic carbocycles. The second kappa shape index (κ2) is 8.67. The summed E-state index contributed by atoms with van der Waals surface area (Å²) in [5.41, 5.74) is 2.74. The Kier molecular flexibility index (Phi) is 6.87. The van der Waals surface area contributed by atoms with Crippen LogP contribution in [0.1, 0.15) is 24.0 Å². The van der Waals surface area contributed by atoms with E-state index < -0.39 is 0 Å². The highest BCUT2D eigenvalue weighted by Gasteiger charge is 2.15. The lowest BCUT2D eigenvalue weighted by Crippen LogP contribution is -2.19. The molecule has 0 bridgehead atoms. The fourth-order valence-electron chi connectivity index (χ4n) is 2.32. The molecule has 0 atom stereocenters. The Balaban J connectivity index is 1.84. The van der Waals surface area contributed by atoms with Gasteiger partial charge in [-0.05, 0) is 43.0 Å². The van der Waals surface area contributed by atoms with Gasteiger partial charge in [-0.3, -0.25) is 0 Å². The quantitative estimate of drug-likeness (QED) is 0.783. The molecule has 0 spiro atoms. The van der Waals surface area contributed by atoms with Crippen LogP contribution >= 0.6 is 11.8 Å². The van der Waals surface area contributed by atoms with Gasteiger partial charge < -0.3 is 14.8 Å². The van der Waals surface area contributed by atoms with E-state index in [1.807, 2.05) is 11.8 Å². The van der Waals surface area contributed by atoms with Gasteiger partial charge in [-0.2, -0.15) is 0 Å². The largest absolute Gasteiger partial charge is 0.383 e. The van der Waals surface area contributed by atoms with Crippen molar-refractivity contribution in [1.82, 2.24) is 5.32 Å². The number of hydrogen-bond acceptors (Lipinski definition) is 4. The van der Waals surface area contributed by atoms with Gasteiger partial charge in [0, 0.05) is 43.6 Å². The van der Waals surface area contributed by atoms with Gasteiger partial charge in [-0.15, -0.1) is 11.8 Å². The van der Waals surface area contributed by atoms with Crippen molar-refractivity contribution in [3.63, 3.8) is 0 Å². The van der Waals surface area contributed by atoms with Crippen molar-refractivity contribution in [3.8, 4) is 0 Å². The number of benzene rings is 1. The zero-order valence-corrected chi connectivity index (χ0v) is 13.3. The minimum Gasteiger partial charge on any atom is -0.383 e. The van der Waals surface area contributed by atoms with Crippen LogP contribution in [0.3, 0.4) is 0 Å². The first-order valence-electron chi connectivity index (χ1n) is 7.33. The third-order valence-electron chi connectivity index (χ3n) is 3.58. The molecule has 1 N–H and O–H groups in total. The third-order valence-corrected chi connectivity index (χ3v) is 4.91. The van der Waals surface area contributed by atoms with Crippen LogP contribution in [-0.4, -0.2) is 38.7 Å². The Morgan fingerprint density at radius 3 is 2.85 bits per heavy atom. The maximum Gasteiger partial charge on any atom is 0.0587 e. The number of nitrogens with one attached hydrogen (secondary N) is 1. The molecule has 1 aliphatic heterocycles. The highest BCUT2D eigenvalue weighted by Crippen LogP contribution is 2.30. The van der Waals surface area contributed by atoms with Gasteiger partial charge in [0.25, 0.3) is 0 Å². The van der Waals surface area contributed by atoms with E-state index in [1.165, 1.54) is 28.9 Å². The summed E-state index contributed by atoms with van der Waals surface area (Å²) in [6.45, 7) is 6.60. The molecule has 0 amide bonds. The molecule has 20 heavy (non-hydrogen) atoms. The molecule has 0 aromatic heterocycles. The first-order chi connectivity index (χ1) is 9.79. The minimum atomic E-state index is 0.717. The van der Waals surface area contributed by atoms with Crippen LogP contribution in [0.25, 0.3) is 0 Å². The number of aryl methyl sites for hydroxylation is 1. The third kappa shape index (κ3) is 5.09. The zero-order valence-electron chi connectivity index (χ0n) is 12.5. The normalized spacial score (nSPS) is 16.5. The molecule has 4 heteroatoms. The van der Waals surface area contributed by atoms with E-state index in [2.05, 4.69) is 30.4 Å². The smallest absolute Gasteiger partial charge is 0.0587 e. The molecular formula is C16H25NO2S. The zero-order chi connectivity index (χ0) is 14.2. The average Bonchev–Trinajstić information content (AvgIpc) is 2.46. The van der Waals surface area contributed by atoms with Crippen molar-refractivity contribution in [3.05, 3.63) is 29.3 Å². The predicted octanol–water partition coefficient (Wildman–Crippen LogP) is 3.00. The fourth-order valence-corrected chi connectivity index (χ4v) is 3.53. The molecule has 112 valence electrons. The van der Waals surface area contributed by atoms with E-state index in [0.717, 1.165) is 32.9 Å². The Hall–Kier alpha value is -0.550. The minimum absolute atomic E-state index is 0.717. The summed E-state index contributed by atoms with van der Waals surface area (Å²) in [5, 5.41) is 4.11. The summed E-state index contributed by atoms with van der Waals surface area (Å²) >= 11 is 2.00. The molecule has 2 rings (SSSR count). The lowest BCUT2D eigenvalue weighted by Gasteiger charge is -2.21. The molecule has 3 nitrogen and oxygen atoms in total. The summed E-state index contributed by atoms with van der Waals surface area (Å²) in [4.78, 5) is 1.38. The summed E-state index contributed by atoms with van der Waals surface area (Å²) < 4.78 is 10.5. The topological polar surface area (TPSA) is 30.5 Å². The van der Waals surface area contributed by atoms with Crippen molar-refractivity contribution in [2.75, 3.05) is 33.5 Å². The number of rotatable bonds is 7. The number of ether oxygens (including phenoxy) is 2. The fraction of sp³-hybridized carbons (Fsp3) is 0.625. The van der Waals surface area contributed by atoms with Crippen LogP contribution in [0.4, 0.5) is 0 Å². The van der Waals surface area contributed by atoms with E-state index in [1.54, 1.807) is 7.11 Å². The van der Waals surface area contributed by atoms with Crippen LogP contribution in [0, 0.1) is 6.92 Å². The Morgan fingerprint density at radius 2 is 2.15 bits per heavy atom. The van der Waals surface area contributed by atoms with Crippen molar-refractivity contribution < 1.29 is 9.47 Å². The van der Waals surface area contributed by atoms with Crippen LogP contribution in [0.5, 0.6) is 0 Å². The Labute approximate surface area is 126 Å². The van der Waals surface area contributed by atoms with Gasteiger partial charge in [0.15, 0.2) is 0 Å². The van der Waals surface area contributed by atoms with Gasteiger partial charge >= 0.3 is 0 Å². The van der Waals surface area contributed by atoms with Gasteiger partial charge in [0.2, 0.25) is 0 Å². The molecular weight excluding hydrogens is 270 g/mol. The maximum atomic E-state index is 5.41. The molecule has 0 unspecified atom stereocenters. The average molecular weight is 295 g/mol. The highest BCUT2D eigenvalue weighted by atomic mass is 32.2. The standard InChI is InChI=1S/C16H25NO2S/c1-13-11-16(20-15-5-8-19-9-6-15)4-3-14(13)12-17-7-10-18-2/h3-4,11,15,17H,5-10,12H2,1-2H3. The summed E-state index contributed by atoms with van der Waals surface area (Å²) in [7, 11) is 1.73. The van der Waals surface area contributed by atoms with Gasteiger partial charge in [-0.1, -0.05) is 6.07 Å². The first-order valence-corrected chi connectivity index (χ1v) is 8.21. The van der Waals surface area contributed by atoms with E-state index >= 15 is 0 Å². The highest BCUT2D eigenvalue weighted by molar-refractivity contribution is 8.00. The van der Waals surface area contributed by atoms with E-state index in [0.29, 0.717) is 5.25 Å². The van der Waals surface area contributed by atoms with Crippen molar-refractivity contribution in [2.24, 2.45) is 0 Å². The van der Waals surface area contributed by atoms with Gasteiger partial charge in [-0.25, -0.2) is 0 Å². The molecule has 1 heterocycles. The second-order valence-corrected chi connectivity index (χ2v) is 6.56. The van der Waals surface area contributed by atoms with Crippen LogP contribution < -0.4 is 5.32 Å². The monoisotopic (exact) mass is 295 g/mol. The lowest BCUT2D eigenvalue weighted by atomic mass is 10.1. The lowest BCUT2D eigenvalue weighted by molar-refractivity contribution is 0.100. The molecule has 0 aliphatic carbocycles. The Bertz CT molecular complexity index is 405. The maximum absolute atomic E-state index is 5.41. The van der Waals surface area contributed by atoms with E-state index in [9.17, 15) is 0 Å². The van der Waals surface area contributed by atoms with Crippen molar-refractivity contribution >= 4 is 11.8 Å². The summed E-state index contributed by atoms with van der Waals surface area (Å²) in [6, 6.07) is 6.81. The van der Waals surface area contributed by atoms with Crippen LogP contribution in [-0.2, 0) is 16.0 Å². The van der Waals surface area contributed by atoms with Crippen molar-refractivity contribution in [1.29, 1.82) is 0 Å². The van der Waals surface area contributed by atoms with E-state index in [4.69, 9.17) is 9.47 Å². The SMILES string of the molecule is COCCNCc1ccc(SC2CCOCC2)cc1C. The molecule has 1 aliphatic rings. The molecule has 0 radical (unpaired) electrons. The van der Waals surface area contributed by atoms with Gasteiger partial charge in [0.05, 0.1) is 6.61 Å². The Morgan fingerprint density at radius 1 is 1.35 bits per heavy atom. The molecule has 1 saturated heterocycles. The van der Waals surface area contributed by atoms with Gasteiger partial charge in [0.1, 0.15) is 0 Å². The molecule has 1 aromatic rings. The first kappa shape index (κ1) is 15.8. The van der Waals surface area contributed by atoms with Crippen LogP contribution in [0.15, 0.2) is 23.1 Å². The number of thioether (sulfide) groups is 1. The van der Waals surface area contributed by atoms with E-state index in [-0.39, 0.29) is 0 Å². The molecule has 1 fully saturated rings. The summed E-state index contributed by atoms with van der Waals surface area (Å²) in [6.07, 6.45) is 2.34. The predicted molar refractivity (Wildman–Crippen MR) is 84.5 cm³/mol. The summed E-state index contributed by atoms with van der Waals surface area (Å²) in [5.74, 6) is 0. The number of methoxy groups -OCH3 is 1. The van der Waals surface area contributed by atoms with Crippen molar-refractivity contribution in [2.45, 2.75) is 36.5 Å². The number of hydrogen-bond donors (Lipinski definition) is 1. The van der Waals surface area contributed by atoms with Crippen LogP contribution in [0.2, 0.25) is 0 Å². The second-order valence-electron chi connectivity index (χ2n) is 5.19.